The average Bonchev–Trinajstić information content (AvgIpc) is 3.09. The topological polar surface area (TPSA) is 21.3 Å². The summed E-state index contributed by atoms with van der Waals surface area (Å²) in [6.07, 6.45) is 2.66. The zero-order valence-corrected chi connectivity index (χ0v) is 10.3. The summed E-state index contributed by atoms with van der Waals surface area (Å²) >= 11 is 6.00. The predicted molar refractivity (Wildman–Crippen MR) is 67.1 cm³/mol. The highest BCUT2D eigenvalue weighted by Gasteiger charge is 2.20. The SMILES string of the molecule is CC(CNC1CC1)COc1ccccc1Cl. The van der Waals surface area contributed by atoms with Crippen LogP contribution in [0.3, 0.4) is 0 Å². The molecule has 0 bridgehead atoms. The van der Waals surface area contributed by atoms with E-state index in [1.54, 1.807) is 0 Å². The van der Waals surface area contributed by atoms with Crippen molar-refractivity contribution < 1.29 is 4.74 Å². The maximum Gasteiger partial charge on any atom is 0.137 e. The van der Waals surface area contributed by atoms with Crippen LogP contribution < -0.4 is 10.1 Å². The quantitative estimate of drug-likeness (QED) is 0.824. The summed E-state index contributed by atoms with van der Waals surface area (Å²) in [7, 11) is 0. The van der Waals surface area contributed by atoms with Crippen molar-refractivity contribution in [2.24, 2.45) is 5.92 Å². The summed E-state index contributed by atoms with van der Waals surface area (Å²) < 4.78 is 5.68. The third kappa shape index (κ3) is 3.69. The highest BCUT2D eigenvalue weighted by molar-refractivity contribution is 6.32. The number of nitrogens with one attached hydrogen (secondary N) is 1. The first kappa shape index (κ1) is 11.7. The zero-order chi connectivity index (χ0) is 11.4. The molecule has 1 saturated carbocycles. The molecule has 0 radical (unpaired) electrons. The van der Waals surface area contributed by atoms with E-state index in [1.807, 2.05) is 24.3 Å². The first-order valence-electron chi connectivity index (χ1n) is 5.86. The van der Waals surface area contributed by atoms with Gasteiger partial charge in [-0.2, -0.15) is 0 Å². The van der Waals surface area contributed by atoms with Gasteiger partial charge in [-0.1, -0.05) is 30.7 Å². The summed E-state index contributed by atoms with van der Waals surface area (Å²) in [5.41, 5.74) is 0. The summed E-state index contributed by atoms with van der Waals surface area (Å²) in [6, 6.07) is 8.37. The second-order valence-electron chi connectivity index (χ2n) is 4.53. The van der Waals surface area contributed by atoms with Gasteiger partial charge in [0.2, 0.25) is 0 Å². The van der Waals surface area contributed by atoms with Gasteiger partial charge in [0.15, 0.2) is 0 Å². The van der Waals surface area contributed by atoms with Gasteiger partial charge < -0.3 is 10.1 Å². The van der Waals surface area contributed by atoms with Crippen LogP contribution >= 0.6 is 11.6 Å². The largest absolute Gasteiger partial charge is 0.492 e. The lowest BCUT2D eigenvalue weighted by atomic mass is 10.2. The molecule has 1 aliphatic carbocycles. The highest BCUT2D eigenvalue weighted by atomic mass is 35.5. The molecule has 1 aliphatic rings. The summed E-state index contributed by atoms with van der Waals surface area (Å²) in [5.74, 6) is 1.29. The zero-order valence-electron chi connectivity index (χ0n) is 9.58. The Morgan fingerprint density at radius 3 is 2.88 bits per heavy atom. The van der Waals surface area contributed by atoms with Crippen molar-refractivity contribution in [1.82, 2.24) is 5.32 Å². The molecule has 0 aliphatic heterocycles. The molecule has 2 nitrogen and oxygen atoms in total. The van der Waals surface area contributed by atoms with Crippen LogP contribution in [0.15, 0.2) is 24.3 Å². The van der Waals surface area contributed by atoms with E-state index in [0.29, 0.717) is 17.5 Å². The van der Waals surface area contributed by atoms with E-state index in [9.17, 15) is 0 Å². The van der Waals surface area contributed by atoms with Gasteiger partial charge in [-0.25, -0.2) is 0 Å². The standard InChI is InChI=1S/C13H18ClNO/c1-10(8-15-11-6-7-11)9-16-13-5-3-2-4-12(13)14/h2-5,10-11,15H,6-9H2,1H3. The molecule has 0 heterocycles. The number of rotatable bonds is 6. The van der Waals surface area contributed by atoms with E-state index < -0.39 is 0 Å². The Morgan fingerprint density at radius 2 is 2.19 bits per heavy atom. The van der Waals surface area contributed by atoms with Gasteiger partial charge in [0, 0.05) is 18.5 Å². The second kappa shape index (κ2) is 5.55. The Morgan fingerprint density at radius 1 is 1.44 bits per heavy atom. The Bertz CT molecular complexity index is 338. The fourth-order valence-corrected chi connectivity index (χ4v) is 1.70. The molecule has 88 valence electrons. The van der Waals surface area contributed by atoms with Crippen LogP contribution in [0.4, 0.5) is 0 Å². The summed E-state index contributed by atoms with van der Waals surface area (Å²) in [5, 5.41) is 4.18. The predicted octanol–water partition coefficient (Wildman–Crippen LogP) is 3.11. The summed E-state index contributed by atoms with van der Waals surface area (Å²) in [4.78, 5) is 0. The van der Waals surface area contributed by atoms with Crippen molar-refractivity contribution in [3.05, 3.63) is 29.3 Å². The molecule has 0 amide bonds. The van der Waals surface area contributed by atoms with E-state index in [2.05, 4.69) is 12.2 Å². The number of halogens is 1. The second-order valence-corrected chi connectivity index (χ2v) is 4.94. The first-order valence-corrected chi connectivity index (χ1v) is 6.24. The lowest BCUT2D eigenvalue weighted by molar-refractivity contribution is 0.255. The lowest BCUT2D eigenvalue weighted by Crippen LogP contribution is -2.26. The van der Waals surface area contributed by atoms with E-state index in [4.69, 9.17) is 16.3 Å². The number of hydrogen-bond acceptors (Lipinski definition) is 2. The fraction of sp³-hybridized carbons (Fsp3) is 0.538. The molecule has 1 aromatic carbocycles. The molecule has 0 aromatic heterocycles. The minimum atomic E-state index is 0.511. The molecular weight excluding hydrogens is 222 g/mol. The van der Waals surface area contributed by atoms with Gasteiger partial charge >= 0.3 is 0 Å². The van der Waals surface area contributed by atoms with Crippen molar-refractivity contribution in [3.63, 3.8) is 0 Å². The number of ether oxygens (including phenoxy) is 1. The normalized spacial score (nSPS) is 17.1. The molecule has 1 fully saturated rings. The van der Waals surface area contributed by atoms with Crippen LogP contribution in [0.1, 0.15) is 19.8 Å². The van der Waals surface area contributed by atoms with E-state index in [1.165, 1.54) is 12.8 Å². The molecule has 1 unspecified atom stereocenters. The Labute approximate surface area is 102 Å². The highest BCUT2D eigenvalue weighted by Crippen LogP contribution is 2.23. The monoisotopic (exact) mass is 239 g/mol. The van der Waals surface area contributed by atoms with Crippen molar-refractivity contribution in [3.8, 4) is 5.75 Å². The third-order valence-electron chi connectivity index (χ3n) is 2.69. The number of hydrogen-bond donors (Lipinski definition) is 1. The molecule has 0 saturated heterocycles. The smallest absolute Gasteiger partial charge is 0.137 e. The molecular formula is C13H18ClNO. The fourth-order valence-electron chi connectivity index (χ4n) is 1.51. The van der Waals surface area contributed by atoms with Gasteiger partial charge in [-0.15, -0.1) is 0 Å². The van der Waals surface area contributed by atoms with Gasteiger partial charge in [-0.05, 0) is 25.0 Å². The Hall–Kier alpha value is -0.730. The molecule has 16 heavy (non-hydrogen) atoms. The molecule has 0 spiro atoms. The first-order chi connectivity index (χ1) is 7.75. The third-order valence-corrected chi connectivity index (χ3v) is 3.00. The van der Waals surface area contributed by atoms with Gasteiger partial charge in [0.25, 0.3) is 0 Å². The van der Waals surface area contributed by atoms with E-state index in [0.717, 1.165) is 18.3 Å². The van der Waals surface area contributed by atoms with Gasteiger partial charge in [0.05, 0.1) is 11.6 Å². The van der Waals surface area contributed by atoms with Gasteiger partial charge in [-0.3, -0.25) is 0 Å². The Balaban J connectivity index is 1.71. The van der Waals surface area contributed by atoms with Gasteiger partial charge in [0.1, 0.15) is 5.75 Å². The van der Waals surface area contributed by atoms with Crippen LogP contribution in [-0.4, -0.2) is 19.2 Å². The molecule has 1 atom stereocenters. The van der Waals surface area contributed by atoms with E-state index >= 15 is 0 Å². The van der Waals surface area contributed by atoms with Crippen LogP contribution in [0.2, 0.25) is 5.02 Å². The number of para-hydroxylation sites is 1. The van der Waals surface area contributed by atoms with Crippen molar-refractivity contribution in [2.45, 2.75) is 25.8 Å². The molecule has 3 heteroatoms. The summed E-state index contributed by atoms with van der Waals surface area (Å²) in [6.45, 7) is 3.92. The molecule has 1 aromatic rings. The lowest BCUT2D eigenvalue weighted by Gasteiger charge is -2.14. The minimum Gasteiger partial charge on any atom is -0.492 e. The van der Waals surface area contributed by atoms with Crippen molar-refractivity contribution >= 4 is 11.6 Å². The number of benzene rings is 1. The minimum absolute atomic E-state index is 0.511. The average molecular weight is 240 g/mol. The Kier molecular flexibility index (Phi) is 4.08. The molecule has 2 rings (SSSR count). The van der Waals surface area contributed by atoms with Crippen LogP contribution in [-0.2, 0) is 0 Å². The maximum atomic E-state index is 6.00. The van der Waals surface area contributed by atoms with Crippen LogP contribution in [0, 0.1) is 5.92 Å². The van der Waals surface area contributed by atoms with Crippen LogP contribution in [0.5, 0.6) is 5.75 Å². The van der Waals surface area contributed by atoms with E-state index in [-0.39, 0.29) is 0 Å². The molecule has 1 N–H and O–H groups in total. The van der Waals surface area contributed by atoms with Crippen molar-refractivity contribution in [2.75, 3.05) is 13.2 Å². The maximum absolute atomic E-state index is 6.00. The van der Waals surface area contributed by atoms with Crippen molar-refractivity contribution in [1.29, 1.82) is 0 Å². The van der Waals surface area contributed by atoms with Crippen LogP contribution in [0.25, 0.3) is 0 Å².